The molecule has 0 N–H and O–H groups in total. The number of aryl methyl sites for hydroxylation is 2. The minimum Gasteiger partial charge on any atom is -0.354 e. The lowest BCUT2D eigenvalue weighted by Crippen LogP contribution is -2.35. The Kier molecular flexibility index (Phi) is 7.76. The first-order valence-electron chi connectivity index (χ1n) is 15.4. The summed E-state index contributed by atoms with van der Waals surface area (Å²) in [5.41, 5.74) is 5.74. The number of nitrogens with zero attached hydrogens (tertiary/aromatic N) is 5. The molecule has 1 saturated heterocycles. The van der Waals surface area contributed by atoms with E-state index in [0.29, 0.717) is 37.5 Å². The lowest BCUT2D eigenvalue weighted by Gasteiger charge is -2.24. The summed E-state index contributed by atoms with van der Waals surface area (Å²) in [6.07, 6.45) is 2.71. The fourth-order valence-electron chi connectivity index (χ4n) is 6.04. The molecule has 0 saturated carbocycles. The molecule has 7 heteroatoms. The monoisotopic (exact) mass is 581 g/mol. The minimum atomic E-state index is 0.199. The number of anilines is 1. The Bertz CT molecular complexity index is 1920. The van der Waals surface area contributed by atoms with Crippen LogP contribution in [0.2, 0.25) is 0 Å². The molecule has 4 aromatic carbocycles. The van der Waals surface area contributed by atoms with Gasteiger partial charge < -0.3 is 14.3 Å². The van der Waals surface area contributed by atoms with Crippen molar-refractivity contribution in [2.75, 3.05) is 31.1 Å². The van der Waals surface area contributed by atoms with Crippen molar-refractivity contribution >= 4 is 33.6 Å². The van der Waals surface area contributed by atoms with Crippen LogP contribution in [0.1, 0.15) is 35.4 Å². The minimum absolute atomic E-state index is 0.199. The van der Waals surface area contributed by atoms with E-state index in [4.69, 9.17) is 14.5 Å². The molecule has 1 aliphatic heterocycles. The number of aromatic nitrogens is 3. The van der Waals surface area contributed by atoms with Crippen molar-refractivity contribution in [2.45, 2.75) is 32.6 Å². The first kappa shape index (κ1) is 27.8. The van der Waals surface area contributed by atoms with Crippen LogP contribution in [0.25, 0.3) is 33.1 Å². The number of hydrogen-bond donors (Lipinski definition) is 0. The maximum absolute atomic E-state index is 13.2. The summed E-state index contributed by atoms with van der Waals surface area (Å²) in [6, 6.07) is 33.3. The molecule has 2 aromatic heterocycles. The molecular formula is C37H35N5O2. The molecule has 44 heavy (non-hydrogen) atoms. The highest BCUT2D eigenvalue weighted by Crippen LogP contribution is 2.35. The summed E-state index contributed by atoms with van der Waals surface area (Å²) in [5.74, 6) is 1.71. The second-order valence-electron chi connectivity index (χ2n) is 11.6. The van der Waals surface area contributed by atoms with Gasteiger partial charge in [0.2, 0.25) is 5.91 Å². The Morgan fingerprint density at radius 2 is 1.59 bits per heavy atom. The van der Waals surface area contributed by atoms with Crippen LogP contribution in [0.3, 0.4) is 0 Å². The fourth-order valence-corrected chi connectivity index (χ4v) is 6.04. The van der Waals surface area contributed by atoms with Crippen LogP contribution in [0.15, 0.2) is 102 Å². The first-order chi connectivity index (χ1) is 21.6. The lowest BCUT2D eigenvalue weighted by molar-refractivity contribution is -0.130. The number of carbonyl (C=O) groups excluding carboxylic acids is 1. The van der Waals surface area contributed by atoms with Gasteiger partial charge in [0.15, 0.2) is 0 Å². The summed E-state index contributed by atoms with van der Waals surface area (Å²) in [7, 11) is 0. The van der Waals surface area contributed by atoms with Crippen molar-refractivity contribution in [2.24, 2.45) is 0 Å². The quantitative estimate of drug-likeness (QED) is 0.202. The molecule has 0 bridgehead atoms. The predicted octanol–water partition coefficient (Wildman–Crippen LogP) is 7.01. The van der Waals surface area contributed by atoms with Gasteiger partial charge in [0, 0.05) is 44.6 Å². The van der Waals surface area contributed by atoms with E-state index >= 15 is 0 Å². The molecule has 3 heterocycles. The third-order valence-corrected chi connectivity index (χ3v) is 8.49. The zero-order valence-corrected chi connectivity index (χ0v) is 24.9. The normalized spacial score (nSPS) is 13.8. The smallest absolute Gasteiger partial charge is 0.263 e. The predicted molar refractivity (Wildman–Crippen MR) is 175 cm³/mol. The van der Waals surface area contributed by atoms with Gasteiger partial charge in [0.25, 0.3) is 5.71 Å². The van der Waals surface area contributed by atoms with Gasteiger partial charge in [-0.05, 0) is 47.7 Å². The molecule has 0 atom stereocenters. The van der Waals surface area contributed by atoms with Crippen LogP contribution in [-0.2, 0) is 17.6 Å². The number of fused-ring (bicyclic) bond motifs is 2. The van der Waals surface area contributed by atoms with Gasteiger partial charge in [0.05, 0.1) is 0 Å². The molecule has 220 valence electrons. The Labute approximate surface area is 257 Å². The van der Waals surface area contributed by atoms with E-state index in [0.717, 1.165) is 59.3 Å². The van der Waals surface area contributed by atoms with Crippen molar-refractivity contribution < 1.29 is 9.32 Å². The topological polar surface area (TPSA) is 75.4 Å². The van der Waals surface area contributed by atoms with Gasteiger partial charge in [-0.3, -0.25) is 4.79 Å². The number of rotatable bonds is 7. The van der Waals surface area contributed by atoms with E-state index in [1.165, 1.54) is 16.5 Å². The Morgan fingerprint density at radius 1 is 0.795 bits per heavy atom. The highest BCUT2D eigenvalue weighted by Gasteiger charge is 2.26. The van der Waals surface area contributed by atoms with Crippen LogP contribution in [0, 0.1) is 6.92 Å². The maximum atomic E-state index is 13.2. The summed E-state index contributed by atoms with van der Waals surface area (Å²) in [4.78, 5) is 27.5. The highest BCUT2D eigenvalue weighted by molar-refractivity contribution is 6.00. The average molecular weight is 582 g/mol. The number of hydrogen-bond acceptors (Lipinski definition) is 6. The number of carbonyl (C=O) groups is 1. The van der Waals surface area contributed by atoms with Crippen molar-refractivity contribution in [3.63, 3.8) is 0 Å². The number of amides is 1. The third kappa shape index (κ3) is 5.91. The summed E-state index contributed by atoms with van der Waals surface area (Å²) in [6.45, 7) is 4.91. The first-order valence-corrected chi connectivity index (χ1v) is 15.4. The van der Waals surface area contributed by atoms with Crippen LogP contribution >= 0.6 is 0 Å². The van der Waals surface area contributed by atoms with E-state index in [-0.39, 0.29) is 5.91 Å². The SMILES string of the molecule is Cc1ccc(Cc2nc(N3CCCN(C(=O)CCc4ccccc4)CC3)c3c(-c4ccc5ccccc5c4)noc3n2)cc1. The van der Waals surface area contributed by atoms with Crippen molar-refractivity contribution in [1.29, 1.82) is 0 Å². The van der Waals surface area contributed by atoms with E-state index in [1.807, 2.05) is 35.2 Å². The van der Waals surface area contributed by atoms with Gasteiger partial charge in [-0.2, -0.15) is 4.98 Å². The van der Waals surface area contributed by atoms with E-state index in [9.17, 15) is 4.79 Å². The molecule has 0 aliphatic carbocycles. The molecule has 0 unspecified atom stereocenters. The molecule has 1 amide bonds. The van der Waals surface area contributed by atoms with Gasteiger partial charge in [-0.25, -0.2) is 4.98 Å². The maximum Gasteiger partial charge on any atom is 0.263 e. The zero-order chi connectivity index (χ0) is 29.9. The second kappa shape index (κ2) is 12.3. The van der Waals surface area contributed by atoms with Crippen LogP contribution < -0.4 is 4.90 Å². The van der Waals surface area contributed by atoms with Gasteiger partial charge >= 0.3 is 0 Å². The van der Waals surface area contributed by atoms with E-state index < -0.39 is 0 Å². The Morgan fingerprint density at radius 3 is 2.43 bits per heavy atom. The van der Waals surface area contributed by atoms with E-state index in [2.05, 4.69) is 83.7 Å². The van der Waals surface area contributed by atoms with E-state index in [1.54, 1.807) is 0 Å². The summed E-state index contributed by atoms with van der Waals surface area (Å²) in [5, 5.41) is 7.66. The van der Waals surface area contributed by atoms with Crippen molar-refractivity contribution in [3.05, 3.63) is 120 Å². The van der Waals surface area contributed by atoms with Gasteiger partial charge in [0.1, 0.15) is 22.7 Å². The molecule has 1 fully saturated rings. The highest BCUT2D eigenvalue weighted by atomic mass is 16.5. The molecule has 0 spiro atoms. The fraction of sp³-hybridized carbons (Fsp3) is 0.243. The molecule has 0 radical (unpaired) electrons. The molecule has 7 rings (SSSR count). The second-order valence-corrected chi connectivity index (χ2v) is 11.6. The van der Waals surface area contributed by atoms with Crippen LogP contribution in [0.5, 0.6) is 0 Å². The lowest BCUT2D eigenvalue weighted by atomic mass is 10.0. The van der Waals surface area contributed by atoms with Crippen LogP contribution in [0.4, 0.5) is 5.82 Å². The van der Waals surface area contributed by atoms with Crippen molar-refractivity contribution in [3.8, 4) is 11.3 Å². The molecular weight excluding hydrogens is 546 g/mol. The summed E-state index contributed by atoms with van der Waals surface area (Å²) < 4.78 is 5.92. The molecule has 7 nitrogen and oxygen atoms in total. The third-order valence-electron chi connectivity index (χ3n) is 8.49. The molecule has 6 aromatic rings. The Balaban J connectivity index is 1.21. The molecule has 1 aliphatic rings. The van der Waals surface area contributed by atoms with Crippen molar-refractivity contribution in [1.82, 2.24) is 20.0 Å². The largest absolute Gasteiger partial charge is 0.354 e. The zero-order valence-electron chi connectivity index (χ0n) is 24.9. The van der Waals surface area contributed by atoms with Gasteiger partial charge in [-0.15, -0.1) is 0 Å². The van der Waals surface area contributed by atoms with Crippen LogP contribution in [-0.4, -0.2) is 52.1 Å². The standard InChI is InChI=1S/C37H35N5O2/c1-26-12-14-28(15-13-26)24-32-38-36(42-21-7-20-41(22-23-42)33(43)19-16-27-8-3-2-4-9-27)34-35(40-44-37(34)39-32)31-18-17-29-10-5-6-11-30(29)25-31/h2-6,8-15,17-18,25H,7,16,19-24H2,1H3. The average Bonchev–Trinajstić information content (AvgIpc) is 3.33. The summed E-state index contributed by atoms with van der Waals surface area (Å²) >= 11 is 0. The van der Waals surface area contributed by atoms with Gasteiger partial charge in [-0.1, -0.05) is 102 Å². The Hall–Kier alpha value is -5.04. The number of benzene rings is 4.